The van der Waals surface area contributed by atoms with E-state index in [9.17, 15) is 9.59 Å². The van der Waals surface area contributed by atoms with Crippen LogP contribution in [-0.4, -0.2) is 39.6 Å². The highest BCUT2D eigenvalue weighted by molar-refractivity contribution is 7.15. The summed E-state index contributed by atoms with van der Waals surface area (Å²) >= 11 is 1.36. The van der Waals surface area contributed by atoms with Crippen LogP contribution in [0, 0.1) is 0 Å². The van der Waals surface area contributed by atoms with Crippen molar-refractivity contribution in [2.75, 3.05) is 19.0 Å². The molecule has 0 aromatic carbocycles. The minimum Gasteiger partial charge on any atom is -0.383 e. The fourth-order valence-corrected chi connectivity index (χ4v) is 2.78. The lowest BCUT2D eigenvalue weighted by atomic mass is 10.2. The van der Waals surface area contributed by atoms with Crippen LogP contribution in [0.3, 0.4) is 0 Å². The summed E-state index contributed by atoms with van der Waals surface area (Å²) in [6, 6.07) is 2.71. The Kier molecular flexibility index (Phi) is 7.01. The first-order chi connectivity index (χ1) is 11.6. The summed E-state index contributed by atoms with van der Waals surface area (Å²) < 4.78 is 6.13. The normalized spacial score (nSPS) is 10.8. The standard InChI is InChI=1S/C15H21N5O3S/c1-3-4-5-6-12-17-18-15(24-12)16-14(22)11-7-8-13(21)20(19-11)9-10-23-2/h7-8H,3-6,9-10H2,1-2H3,(H,16,18,22). The van der Waals surface area contributed by atoms with Gasteiger partial charge in [-0.05, 0) is 12.5 Å². The Balaban J connectivity index is 2.00. The van der Waals surface area contributed by atoms with E-state index in [1.54, 1.807) is 0 Å². The molecule has 0 radical (unpaired) electrons. The van der Waals surface area contributed by atoms with Gasteiger partial charge in [-0.15, -0.1) is 10.2 Å². The predicted molar refractivity (Wildman–Crippen MR) is 91.5 cm³/mol. The van der Waals surface area contributed by atoms with Gasteiger partial charge in [0.1, 0.15) is 10.7 Å². The molecular weight excluding hydrogens is 330 g/mol. The Morgan fingerprint density at radius 3 is 2.92 bits per heavy atom. The molecule has 0 bridgehead atoms. The maximum atomic E-state index is 12.2. The summed E-state index contributed by atoms with van der Waals surface area (Å²) in [6.45, 7) is 2.77. The Bertz CT molecular complexity index is 728. The first kappa shape index (κ1) is 18.2. The molecule has 0 atom stereocenters. The fourth-order valence-electron chi connectivity index (χ4n) is 2.00. The van der Waals surface area contributed by atoms with Crippen LogP contribution in [0.25, 0.3) is 0 Å². The van der Waals surface area contributed by atoms with Gasteiger partial charge in [-0.3, -0.25) is 14.9 Å². The van der Waals surface area contributed by atoms with Crippen molar-refractivity contribution in [1.82, 2.24) is 20.0 Å². The number of ether oxygens (including phenoxy) is 1. The lowest BCUT2D eigenvalue weighted by molar-refractivity contribution is 0.101. The minimum atomic E-state index is -0.419. The second kappa shape index (κ2) is 9.24. The summed E-state index contributed by atoms with van der Waals surface area (Å²) in [4.78, 5) is 23.9. The topological polar surface area (TPSA) is 99.0 Å². The molecule has 2 rings (SSSR count). The third-order valence-corrected chi connectivity index (χ3v) is 4.19. The first-order valence-corrected chi connectivity index (χ1v) is 8.66. The van der Waals surface area contributed by atoms with E-state index >= 15 is 0 Å². The van der Waals surface area contributed by atoms with E-state index < -0.39 is 5.91 Å². The van der Waals surface area contributed by atoms with Crippen molar-refractivity contribution >= 4 is 22.4 Å². The SMILES string of the molecule is CCCCCc1nnc(NC(=O)c2ccc(=O)n(CCOC)n2)s1. The van der Waals surface area contributed by atoms with Crippen LogP contribution < -0.4 is 10.9 Å². The Labute approximate surface area is 143 Å². The molecule has 0 saturated heterocycles. The Morgan fingerprint density at radius 2 is 2.17 bits per heavy atom. The largest absolute Gasteiger partial charge is 0.383 e. The molecule has 0 fully saturated rings. The Morgan fingerprint density at radius 1 is 1.33 bits per heavy atom. The van der Waals surface area contributed by atoms with Crippen molar-refractivity contribution in [3.8, 4) is 0 Å². The molecule has 1 N–H and O–H groups in total. The van der Waals surface area contributed by atoms with Crippen LogP contribution in [-0.2, 0) is 17.7 Å². The van der Waals surface area contributed by atoms with Crippen LogP contribution in [0.15, 0.2) is 16.9 Å². The number of amides is 1. The average Bonchev–Trinajstić information content (AvgIpc) is 3.01. The van der Waals surface area contributed by atoms with Crippen molar-refractivity contribution in [3.05, 3.63) is 33.2 Å². The molecular formula is C15H21N5O3S. The minimum absolute atomic E-state index is 0.147. The monoisotopic (exact) mass is 351 g/mol. The number of unbranched alkanes of at least 4 members (excludes halogenated alkanes) is 2. The van der Waals surface area contributed by atoms with Gasteiger partial charge >= 0.3 is 0 Å². The number of aromatic nitrogens is 4. The second-order valence-electron chi connectivity index (χ2n) is 5.18. The molecule has 24 heavy (non-hydrogen) atoms. The van der Waals surface area contributed by atoms with Gasteiger partial charge in [0.25, 0.3) is 11.5 Å². The molecule has 130 valence electrons. The molecule has 0 saturated carbocycles. The molecule has 9 heteroatoms. The quantitative estimate of drug-likeness (QED) is 0.691. The lowest BCUT2D eigenvalue weighted by Gasteiger charge is -2.05. The third-order valence-electron chi connectivity index (χ3n) is 3.29. The van der Waals surface area contributed by atoms with Crippen molar-refractivity contribution in [2.45, 2.75) is 39.2 Å². The van der Waals surface area contributed by atoms with E-state index in [2.05, 4.69) is 27.5 Å². The number of hydrogen-bond donors (Lipinski definition) is 1. The van der Waals surface area contributed by atoms with Gasteiger partial charge in [0.05, 0.1) is 13.2 Å². The van der Waals surface area contributed by atoms with Gasteiger partial charge in [0, 0.05) is 19.6 Å². The average molecular weight is 351 g/mol. The summed E-state index contributed by atoms with van der Waals surface area (Å²) in [7, 11) is 1.54. The highest BCUT2D eigenvalue weighted by Crippen LogP contribution is 2.18. The maximum absolute atomic E-state index is 12.2. The molecule has 0 aliphatic heterocycles. The Hall–Kier alpha value is -2.13. The zero-order valence-electron chi connectivity index (χ0n) is 13.8. The molecule has 0 aliphatic carbocycles. The summed E-state index contributed by atoms with van der Waals surface area (Å²) in [5.74, 6) is -0.419. The molecule has 2 aromatic rings. The number of methoxy groups -OCH3 is 1. The van der Waals surface area contributed by atoms with Gasteiger partial charge in [-0.1, -0.05) is 31.1 Å². The fraction of sp³-hybridized carbons (Fsp3) is 0.533. The molecule has 1 amide bonds. The van der Waals surface area contributed by atoms with Gasteiger partial charge in [0.15, 0.2) is 0 Å². The number of nitrogens with one attached hydrogen (secondary N) is 1. The molecule has 0 aliphatic rings. The number of hydrogen-bond acceptors (Lipinski definition) is 7. The molecule has 0 unspecified atom stereocenters. The number of carbonyl (C=O) groups is 1. The smallest absolute Gasteiger partial charge is 0.277 e. The number of aryl methyl sites for hydroxylation is 1. The number of nitrogens with zero attached hydrogens (tertiary/aromatic N) is 4. The number of rotatable bonds is 9. The lowest BCUT2D eigenvalue weighted by Crippen LogP contribution is -2.27. The zero-order chi connectivity index (χ0) is 17.4. The summed E-state index contributed by atoms with van der Waals surface area (Å²) in [5.41, 5.74) is -0.133. The molecule has 0 spiro atoms. The van der Waals surface area contributed by atoms with Crippen molar-refractivity contribution in [2.24, 2.45) is 0 Å². The third kappa shape index (κ3) is 5.20. The zero-order valence-corrected chi connectivity index (χ0v) is 14.6. The first-order valence-electron chi connectivity index (χ1n) is 7.85. The van der Waals surface area contributed by atoms with Crippen LogP contribution in [0.5, 0.6) is 0 Å². The van der Waals surface area contributed by atoms with Crippen molar-refractivity contribution in [1.29, 1.82) is 0 Å². The van der Waals surface area contributed by atoms with E-state index in [0.29, 0.717) is 11.7 Å². The van der Waals surface area contributed by atoms with Gasteiger partial charge in [0.2, 0.25) is 5.13 Å². The van der Waals surface area contributed by atoms with Crippen molar-refractivity contribution in [3.63, 3.8) is 0 Å². The van der Waals surface area contributed by atoms with E-state index in [0.717, 1.165) is 30.7 Å². The molecule has 8 nitrogen and oxygen atoms in total. The van der Waals surface area contributed by atoms with Crippen molar-refractivity contribution < 1.29 is 9.53 Å². The number of anilines is 1. The van der Waals surface area contributed by atoms with E-state index in [1.807, 2.05) is 0 Å². The number of carbonyl (C=O) groups excluding carboxylic acids is 1. The van der Waals surface area contributed by atoms with E-state index in [-0.39, 0.29) is 17.8 Å². The summed E-state index contributed by atoms with van der Waals surface area (Å²) in [6.07, 6.45) is 4.22. The summed E-state index contributed by atoms with van der Waals surface area (Å²) in [5, 5.41) is 16.1. The van der Waals surface area contributed by atoms with E-state index in [1.165, 1.54) is 35.3 Å². The maximum Gasteiger partial charge on any atom is 0.277 e. The molecule has 2 aromatic heterocycles. The highest BCUT2D eigenvalue weighted by atomic mass is 32.1. The van der Waals surface area contributed by atoms with Gasteiger partial charge < -0.3 is 4.74 Å². The highest BCUT2D eigenvalue weighted by Gasteiger charge is 2.13. The van der Waals surface area contributed by atoms with Crippen LogP contribution >= 0.6 is 11.3 Å². The predicted octanol–water partition coefficient (Wildman–Crippen LogP) is 1.73. The van der Waals surface area contributed by atoms with Gasteiger partial charge in [-0.25, -0.2) is 4.68 Å². The van der Waals surface area contributed by atoms with E-state index in [4.69, 9.17) is 4.74 Å². The van der Waals surface area contributed by atoms with Gasteiger partial charge in [-0.2, -0.15) is 5.10 Å². The van der Waals surface area contributed by atoms with Crippen LogP contribution in [0.4, 0.5) is 5.13 Å². The van der Waals surface area contributed by atoms with Crippen LogP contribution in [0.2, 0.25) is 0 Å². The molecule has 2 heterocycles. The second-order valence-corrected chi connectivity index (χ2v) is 6.25. The van der Waals surface area contributed by atoms with Crippen LogP contribution in [0.1, 0.15) is 41.7 Å².